The van der Waals surface area contributed by atoms with Crippen LogP contribution in [-0.2, 0) is 14.8 Å². The molecule has 138 valence electrons. The second-order valence-corrected chi connectivity index (χ2v) is 7.73. The molecule has 2 rings (SSSR count). The normalized spacial score (nSPS) is 16.6. The summed E-state index contributed by atoms with van der Waals surface area (Å²) < 4.78 is 37.8. The summed E-state index contributed by atoms with van der Waals surface area (Å²) in [5.74, 6) is 0.466. The fourth-order valence-corrected chi connectivity index (χ4v) is 4.48. The second kappa shape index (κ2) is 9.79. The minimum atomic E-state index is -3.63. The minimum Gasteiger partial charge on any atom is -0.497 e. The van der Waals surface area contributed by atoms with Gasteiger partial charge >= 0.3 is 0 Å². The maximum absolute atomic E-state index is 12.8. The van der Waals surface area contributed by atoms with Crippen molar-refractivity contribution < 1.29 is 17.9 Å². The van der Waals surface area contributed by atoms with Crippen molar-refractivity contribution in [2.45, 2.75) is 30.3 Å². The van der Waals surface area contributed by atoms with E-state index >= 15 is 0 Å². The van der Waals surface area contributed by atoms with Crippen LogP contribution >= 0.6 is 24.0 Å². The Bertz CT molecular complexity index is 620. The SMILES string of the molecule is COc1ccc(Cl)c(S(=O)(=O)N2CCC(OCCCN)CC2)c1.Cl. The summed E-state index contributed by atoms with van der Waals surface area (Å²) in [7, 11) is -2.14. The van der Waals surface area contributed by atoms with Crippen LogP contribution in [-0.4, -0.2) is 52.2 Å². The average Bonchev–Trinajstić information content (AvgIpc) is 2.56. The zero-order chi connectivity index (χ0) is 16.9. The van der Waals surface area contributed by atoms with E-state index in [0.29, 0.717) is 44.8 Å². The van der Waals surface area contributed by atoms with Gasteiger partial charge in [-0.15, -0.1) is 12.4 Å². The Hall–Kier alpha value is -0.570. The van der Waals surface area contributed by atoms with E-state index in [0.717, 1.165) is 6.42 Å². The molecule has 1 heterocycles. The number of sulfonamides is 1. The first-order valence-electron chi connectivity index (χ1n) is 7.64. The third-order valence-electron chi connectivity index (χ3n) is 3.86. The lowest BCUT2D eigenvalue weighted by Gasteiger charge is -2.31. The van der Waals surface area contributed by atoms with E-state index in [9.17, 15) is 8.42 Å². The number of rotatable bonds is 7. The highest BCUT2D eigenvalue weighted by atomic mass is 35.5. The van der Waals surface area contributed by atoms with Crippen LogP contribution in [0.5, 0.6) is 5.75 Å². The molecule has 1 aromatic carbocycles. The van der Waals surface area contributed by atoms with E-state index in [2.05, 4.69) is 0 Å². The number of nitrogens with zero attached hydrogens (tertiary/aromatic N) is 1. The summed E-state index contributed by atoms with van der Waals surface area (Å²) in [4.78, 5) is 0.0843. The molecule has 1 aliphatic heterocycles. The summed E-state index contributed by atoms with van der Waals surface area (Å²) >= 11 is 6.07. The molecule has 1 fully saturated rings. The molecule has 0 spiro atoms. The topological polar surface area (TPSA) is 81.9 Å². The predicted molar refractivity (Wildman–Crippen MR) is 96.7 cm³/mol. The molecule has 2 N–H and O–H groups in total. The Morgan fingerprint density at radius 2 is 2.00 bits per heavy atom. The Labute approximate surface area is 154 Å². The largest absolute Gasteiger partial charge is 0.497 e. The summed E-state index contributed by atoms with van der Waals surface area (Å²) in [5, 5.41) is 0.201. The van der Waals surface area contributed by atoms with Crippen molar-refractivity contribution in [1.82, 2.24) is 4.31 Å². The fourth-order valence-electron chi connectivity index (χ4n) is 2.52. The van der Waals surface area contributed by atoms with Crippen molar-refractivity contribution in [2.75, 3.05) is 33.4 Å². The number of piperidine rings is 1. The molecule has 1 saturated heterocycles. The average molecular weight is 399 g/mol. The highest BCUT2D eigenvalue weighted by molar-refractivity contribution is 7.89. The first kappa shape index (κ1) is 21.5. The summed E-state index contributed by atoms with van der Waals surface area (Å²) in [6.07, 6.45) is 2.25. The van der Waals surface area contributed by atoms with Gasteiger partial charge < -0.3 is 15.2 Å². The molecule has 9 heteroatoms. The smallest absolute Gasteiger partial charge is 0.244 e. The molecule has 24 heavy (non-hydrogen) atoms. The summed E-state index contributed by atoms with van der Waals surface area (Å²) in [6, 6.07) is 4.64. The Morgan fingerprint density at radius 3 is 2.58 bits per heavy atom. The molecular formula is C15H24Cl2N2O4S. The van der Waals surface area contributed by atoms with Crippen LogP contribution in [0.25, 0.3) is 0 Å². The van der Waals surface area contributed by atoms with Gasteiger partial charge in [0.2, 0.25) is 10.0 Å². The van der Waals surface area contributed by atoms with Gasteiger partial charge in [0.25, 0.3) is 0 Å². The number of halogens is 2. The van der Waals surface area contributed by atoms with E-state index in [1.807, 2.05) is 0 Å². The van der Waals surface area contributed by atoms with E-state index in [4.69, 9.17) is 26.8 Å². The van der Waals surface area contributed by atoms with Gasteiger partial charge in [-0.1, -0.05) is 11.6 Å². The third-order valence-corrected chi connectivity index (χ3v) is 6.24. The highest BCUT2D eigenvalue weighted by Crippen LogP contribution is 2.30. The molecule has 6 nitrogen and oxygen atoms in total. The molecule has 0 aromatic heterocycles. The lowest BCUT2D eigenvalue weighted by Crippen LogP contribution is -2.41. The molecule has 0 radical (unpaired) electrons. The zero-order valence-electron chi connectivity index (χ0n) is 13.6. The molecule has 0 aliphatic carbocycles. The Morgan fingerprint density at radius 1 is 1.33 bits per heavy atom. The molecule has 0 bridgehead atoms. The number of nitrogens with two attached hydrogens (primary N) is 1. The van der Waals surface area contributed by atoms with Gasteiger partial charge in [0.15, 0.2) is 0 Å². The Balaban J connectivity index is 0.00000288. The summed E-state index contributed by atoms with van der Waals surface area (Å²) in [5.41, 5.74) is 5.44. The van der Waals surface area contributed by atoms with Crippen LogP contribution < -0.4 is 10.5 Å². The molecule has 0 amide bonds. The van der Waals surface area contributed by atoms with E-state index in [1.54, 1.807) is 6.07 Å². The first-order valence-corrected chi connectivity index (χ1v) is 9.46. The molecule has 0 saturated carbocycles. The minimum absolute atomic E-state index is 0. The maximum Gasteiger partial charge on any atom is 0.244 e. The quantitative estimate of drug-likeness (QED) is 0.712. The predicted octanol–water partition coefficient (Wildman–Crippen LogP) is 2.29. The van der Waals surface area contributed by atoms with Gasteiger partial charge in [-0.25, -0.2) is 8.42 Å². The number of benzene rings is 1. The van der Waals surface area contributed by atoms with Crippen molar-refractivity contribution in [2.24, 2.45) is 5.73 Å². The lowest BCUT2D eigenvalue weighted by atomic mass is 10.1. The zero-order valence-corrected chi connectivity index (χ0v) is 16.0. The standard InChI is InChI=1S/C15H23ClN2O4S.ClH/c1-21-13-3-4-14(16)15(11-13)23(19,20)18-8-5-12(6-9-18)22-10-2-7-17;/h3-4,11-12H,2,5-10,17H2,1H3;1H. The van der Waals surface area contributed by atoms with Crippen molar-refractivity contribution in [3.8, 4) is 5.75 Å². The van der Waals surface area contributed by atoms with E-state index in [-0.39, 0.29) is 28.4 Å². The number of methoxy groups -OCH3 is 1. The first-order chi connectivity index (χ1) is 11.0. The molecule has 0 unspecified atom stereocenters. The van der Waals surface area contributed by atoms with Crippen LogP contribution in [0.4, 0.5) is 0 Å². The van der Waals surface area contributed by atoms with Crippen molar-refractivity contribution in [3.63, 3.8) is 0 Å². The number of hydrogen-bond donors (Lipinski definition) is 1. The van der Waals surface area contributed by atoms with Gasteiger partial charge in [-0.3, -0.25) is 0 Å². The maximum atomic E-state index is 12.8. The summed E-state index contributed by atoms with van der Waals surface area (Å²) in [6.45, 7) is 2.06. The highest BCUT2D eigenvalue weighted by Gasteiger charge is 2.31. The van der Waals surface area contributed by atoms with E-state index in [1.165, 1.54) is 23.5 Å². The second-order valence-electron chi connectivity index (χ2n) is 5.41. The Kier molecular flexibility index (Phi) is 8.76. The van der Waals surface area contributed by atoms with Gasteiger partial charge in [0.05, 0.1) is 18.2 Å². The molecule has 0 atom stereocenters. The molecule has 1 aromatic rings. The van der Waals surface area contributed by atoms with Gasteiger partial charge in [-0.2, -0.15) is 4.31 Å². The van der Waals surface area contributed by atoms with E-state index < -0.39 is 10.0 Å². The molecular weight excluding hydrogens is 375 g/mol. The van der Waals surface area contributed by atoms with Gasteiger partial charge in [0.1, 0.15) is 10.6 Å². The monoisotopic (exact) mass is 398 g/mol. The van der Waals surface area contributed by atoms with Crippen LogP contribution in [0.15, 0.2) is 23.1 Å². The van der Waals surface area contributed by atoms with Gasteiger partial charge in [0, 0.05) is 25.8 Å². The lowest BCUT2D eigenvalue weighted by molar-refractivity contribution is 0.0209. The third kappa shape index (κ3) is 5.21. The number of ether oxygens (including phenoxy) is 2. The van der Waals surface area contributed by atoms with Crippen molar-refractivity contribution in [3.05, 3.63) is 23.2 Å². The van der Waals surface area contributed by atoms with Crippen LogP contribution in [0.1, 0.15) is 19.3 Å². The van der Waals surface area contributed by atoms with Crippen molar-refractivity contribution in [1.29, 1.82) is 0 Å². The van der Waals surface area contributed by atoms with Crippen molar-refractivity contribution >= 4 is 34.0 Å². The van der Waals surface area contributed by atoms with Crippen LogP contribution in [0.2, 0.25) is 5.02 Å². The van der Waals surface area contributed by atoms with Crippen LogP contribution in [0.3, 0.4) is 0 Å². The molecule has 1 aliphatic rings. The van der Waals surface area contributed by atoms with Gasteiger partial charge in [-0.05, 0) is 37.9 Å². The fraction of sp³-hybridized carbons (Fsp3) is 0.600. The number of hydrogen-bond acceptors (Lipinski definition) is 5. The van der Waals surface area contributed by atoms with Crippen LogP contribution in [0, 0.1) is 0 Å².